The van der Waals surface area contributed by atoms with Crippen molar-refractivity contribution in [1.82, 2.24) is 9.47 Å². The predicted molar refractivity (Wildman–Crippen MR) is 104 cm³/mol. The Morgan fingerprint density at radius 3 is 2.68 bits per heavy atom. The van der Waals surface area contributed by atoms with Crippen LogP contribution < -0.4 is 0 Å². The first kappa shape index (κ1) is 15.2. The van der Waals surface area contributed by atoms with Crippen molar-refractivity contribution in [1.29, 1.82) is 0 Å². The van der Waals surface area contributed by atoms with Gasteiger partial charge in [0.1, 0.15) is 0 Å². The lowest BCUT2D eigenvalue weighted by atomic mass is 9.73. The standard InChI is InChI=1S/C23H26N2/c1-16-9-10-21-18(13-16)19-14-24(3)15-23(2)12-11-20(25(21)22(19)23)17-7-5-4-6-8-17/h4-10,13,20H,11-12,14-15H2,1-3H3/t20-,23+/m1/s1. The first-order valence-electron chi connectivity index (χ1n) is 9.44. The second-order valence-electron chi connectivity index (χ2n) is 8.42. The number of rotatable bonds is 1. The topological polar surface area (TPSA) is 8.17 Å². The first-order valence-corrected chi connectivity index (χ1v) is 9.44. The predicted octanol–water partition coefficient (Wildman–Crippen LogP) is 5.04. The lowest BCUT2D eigenvalue weighted by molar-refractivity contribution is 0.180. The van der Waals surface area contributed by atoms with Gasteiger partial charge in [-0.2, -0.15) is 0 Å². The van der Waals surface area contributed by atoms with E-state index in [4.69, 9.17) is 0 Å². The van der Waals surface area contributed by atoms with Gasteiger partial charge in [0.15, 0.2) is 0 Å². The lowest BCUT2D eigenvalue weighted by Crippen LogP contribution is -2.46. The Bertz CT molecular complexity index is 953. The molecule has 0 unspecified atom stereocenters. The summed E-state index contributed by atoms with van der Waals surface area (Å²) in [6.07, 6.45) is 2.48. The summed E-state index contributed by atoms with van der Waals surface area (Å²) in [5, 5.41) is 1.47. The number of aromatic nitrogens is 1. The van der Waals surface area contributed by atoms with Gasteiger partial charge >= 0.3 is 0 Å². The molecule has 2 heteroatoms. The van der Waals surface area contributed by atoms with Crippen LogP contribution in [0.25, 0.3) is 10.9 Å². The van der Waals surface area contributed by atoms with Crippen LogP contribution in [0.3, 0.4) is 0 Å². The van der Waals surface area contributed by atoms with Crippen LogP contribution in [-0.2, 0) is 12.0 Å². The van der Waals surface area contributed by atoms with E-state index in [1.165, 1.54) is 34.9 Å². The van der Waals surface area contributed by atoms with Crippen LogP contribution in [-0.4, -0.2) is 23.1 Å². The summed E-state index contributed by atoms with van der Waals surface area (Å²) in [5.41, 5.74) is 7.66. The Kier molecular flexibility index (Phi) is 3.18. The van der Waals surface area contributed by atoms with Crippen molar-refractivity contribution < 1.29 is 0 Å². The molecule has 0 saturated heterocycles. The molecule has 2 aliphatic rings. The molecule has 0 fully saturated rings. The van der Waals surface area contributed by atoms with Crippen molar-refractivity contribution in [3.63, 3.8) is 0 Å². The molecule has 0 saturated carbocycles. The van der Waals surface area contributed by atoms with Gasteiger partial charge in [-0.1, -0.05) is 48.9 Å². The molecule has 128 valence electrons. The van der Waals surface area contributed by atoms with E-state index < -0.39 is 0 Å². The third kappa shape index (κ3) is 2.13. The van der Waals surface area contributed by atoms with Crippen molar-refractivity contribution in [3.8, 4) is 0 Å². The Balaban J connectivity index is 1.85. The molecular weight excluding hydrogens is 304 g/mol. The highest BCUT2D eigenvalue weighted by Gasteiger charge is 2.43. The van der Waals surface area contributed by atoms with E-state index in [2.05, 4.69) is 78.9 Å². The van der Waals surface area contributed by atoms with E-state index in [0.717, 1.165) is 13.1 Å². The Hall–Kier alpha value is -2.06. The first-order chi connectivity index (χ1) is 12.1. The van der Waals surface area contributed by atoms with Gasteiger partial charge in [-0.05, 0) is 50.1 Å². The van der Waals surface area contributed by atoms with Gasteiger partial charge in [0.2, 0.25) is 0 Å². The fraction of sp³-hybridized carbons (Fsp3) is 0.391. The Morgan fingerprint density at radius 2 is 1.88 bits per heavy atom. The third-order valence-electron chi connectivity index (χ3n) is 6.35. The fourth-order valence-electron chi connectivity index (χ4n) is 5.40. The minimum absolute atomic E-state index is 0.264. The summed E-state index contributed by atoms with van der Waals surface area (Å²) < 4.78 is 2.69. The minimum atomic E-state index is 0.264. The molecule has 0 N–H and O–H groups in total. The summed E-state index contributed by atoms with van der Waals surface area (Å²) in [7, 11) is 2.27. The van der Waals surface area contributed by atoms with Crippen molar-refractivity contribution in [3.05, 3.63) is 70.9 Å². The van der Waals surface area contributed by atoms with E-state index >= 15 is 0 Å². The maximum atomic E-state index is 2.69. The van der Waals surface area contributed by atoms with Gasteiger partial charge in [-0.25, -0.2) is 0 Å². The van der Waals surface area contributed by atoms with Gasteiger partial charge in [-0.3, -0.25) is 0 Å². The molecule has 0 bridgehead atoms. The van der Waals surface area contributed by atoms with Crippen molar-refractivity contribution >= 4 is 10.9 Å². The molecule has 2 nitrogen and oxygen atoms in total. The Labute approximate surface area is 150 Å². The number of benzene rings is 2. The quantitative estimate of drug-likeness (QED) is 0.607. The van der Waals surface area contributed by atoms with Gasteiger partial charge in [-0.15, -0.1) is 0 Å². The average Bonchev–Trinajstić information content (AvgIpc) is 2.91. The average molecular weight is 330 g/mol. The number of hydrogen-bond acceptors (Lipinski definition) is 1. The van der Waals surface area contributed by atoms with Crippen LogP contribution in [0.5, 0.6) is 0 Å². The highest BCUT2D eigenvalue weighted by molar-refractivity contribution is 5.87. The van der Waals surface area contributed by atoms with E-state index in [-0.39, 0.29) is 5.41 Å². The molecule has 25 heavy (non-hydrogen) atoms. The summed E-state index contributed by atoms with van der Waals surface area (Å²) >= 11 is 0. The smallest absolute Gasteiger partial charge is 0.0589 e. The van der Waals surface area contributed by atoms with Crippen LogP contribution in [0.1, 0.15) is 48.2 Å². The van der Waals surface area contributed by atoms with Gasteiger partial charge in [0.25, 0.3) is 0 Å². The maximum Gasteiger partial charge on any atom is 0.0589 e. The van der Waals surface area contributed by atoms with Crippen LogP contribution in [0.2, 0.25) is 0 Å². The molecule has 2 atom stereocenters. The number of hydrogen-bond donors (Lipinski definition) is 0. The summed E-state index contributed by atoms with van der Waals surface area (Å²) in [5.74, 6) is 0. The molecule has 3 heterocycles. The summed E-state index contributed by atoms with van der Waals surface area (Å²) in [6, 6.07) is 18.6. The third-order valence-corrected chi connectivity index (χ3v) is 6.35. The molecule has 1 aromatic heterocycles. The lowest BCUT2D eigenvalue weighted by Gasteiger charge is -2.45. The van der Waals surface area contributed by atoms with Gasteiger partial charge < -0.3 is 9.47 Å². The van der Waals surface area contributed by atoms with Crippen molar-refractivity contribution in [2.45, 2.75) is 44.7 Å². The van der Waals surface area contributed by atoms with Crippen molar-refractivity contribution in [2.75, 3.05) is 13.6 Å². The van der Waals surface area contributed by atoms with E-state index in [0.29, 0.717) is 6.04 Å². The zero-order chi connectivity index (χ0) is 17.2. The van der Waals surface area contributed by atoms with Crippen molar-refractivity contribution in [2.24, 2.45) is 0 Å². The monoisotopic (exact) mass is 330 g/mol. The van der Waals surface area contributed by atoms with Crippen LogP contribution in [0.4, 0.5) is 0 Å². The molecule has 3 aromatic rings. The SMILES string of the molecule is Cc1ccc2c(c1)c1c3n2[C@@H](c2ccccc2)CC[C@@]3(C)CN(C)C1. The molecule has 0 radical (unpaired) electrons. The fourth-order valence-corrected chi connectivity index (χ4v) is 5.40. The zero-order valence-electron chi connectivity index (χ0n) is 15.4. The van der Waals surface area contributed by atoms with Crippen LogP contribution in [0.15, 0.2) is 48.5 Å². The summed E-state index contributed by atoms with van der Waals surface area (Å²) in [6.45, 7) is 6.92. The van der Waals surface area contributed by atoms with E-state index in [9.17, 15) is 0 Å². The second-order valence-corrected chi connectivity index (χ2v) is 8.42. The summed E-state index contributed by atoms with van der Waals surface area (Å²) in [4.78, 5) is 2.51. The van der Waals surface area contributed by atoms with Gasteiger partial charge in [0, 0.05) is 35.1 Å². The highest BCUT2D eigenvalue weighted by atomic mass is 15.2. The molecule has 0 spiro atoms. The minimum Gasteiger partial charge on any atom is -0.336 e. The second kappa shape index (κ2) is 5.22. The zero-order valence-corrected chi connectivity index (χ0v) is 15.4. The number of fused-ring (bicyclic) bond motifs is 3. The number of likely N-dealkylation sites (N-methyl/N-ethyl adjacent to an activating group) is 1. The van der Waals surface area contributed by atoms with Crippen LogP contribution in [0, 0.1) is 6.92 Å². The molecule has 2 aromatic carbocycles. The molecule has 0 aliphatic carbocycles. The molecule has 0 amide bonds. The van der Waals surface area contributed by atoms with E-state index in [1.54, 1.807) is 11.3 Å². The number of aryl methyl sites for hydroxylation is 1. The van der Waals surface area contributed by atoms with Crippen LogP contribution >= 0.6 is 0 Å². The van der Waals surface area contributed by atoms with E-state index in [1.807, 2.05) is 0 Å². The molecular formula is C23H26N2. The number of nitrogens with zero attached hydrogens (tertiary/aromatic N) is 2. The maximum absolute atomic E-state index is 2.69. The normalized spacial score (nSPS) is 26.0. The Morgan fingerprint density at radius 1 is 1.08 bits per heavy atom. The molecule has 2 aliphatic heterocycles. The largest absolute Gasteiger partial charge is 0.336 e. The van der Waals surface area contributed by atoms with Gasteiger partial charge in [0.05, 0.1) is 6.04 Å². The highest BCUT2D eigenvalue weighted by Crippen LogP contribution is 2.49. The molecule has 5 rings (SSSR count).